The van der Waals surface area contributed by atoms with Crippen LogP contribution in [0.25, 0.3) is 17.0 Å². The van der Waals surface area contributed by atoms with E-state index in [2.05, 4.69) is 14.9 Å². The Morgan fingerprint density at radius 2 is 2.03 bits per heavy atom. The summed E-state index contributed by atoms with van der Waals surface area (Å²) in [5, 5.41) is 12.6. The third-order valence-corrected chi connectivity index (χ3v) is 6.73. The van der Waals surface area contributed by atoms with E-state index in [0.717, 1.165) is 25.0 Å². The molecule has 1 saturated heterocycles. The van der Waals surface area contributed by atoms with Gasteiger partial charge in [-0.15, -0.1) is 0 Å². The number of benzene rings is 2. The Kier molecular flexibility index (Phi) is 6.08. The first-order valence-electron chi connectivity index (χ1n) is 11.5. The van der Waals surface area contributed by atoms with Gasteiger partial charge in [-0.3, -0.25) is 4.90 Å². The minimum absolute atomic E-state index is 0.0273. The third-order valence-electron chi connectivity index (χ3n) is 6.51. The van der Waals surface area contributed by atoms with Crippen LogP contribution in [0.2, 0.25) is 5.02 Å². The van der Waals surface area contributed by atoms with Crippen molar-refractivity contribution in [2.45, 2.75) is 44.3 Å². The fourth-order valence-corrected chi connectivity index (χ4v) is 4.98. The molecule has 0 bridgehead atoms. The molecular weight excluding hydrogens is 441 g/mol. The minimum Gasteiger partial charge on any atom is -0.459 e. The Bertz CT molecular complexity index is 1210. The predicted octanol–water partition coefficient (Wildman–Crippen LogP) is 5.13. The first kappa shape index (κ1) is 22.3. The van der Waals surface area contributed by atoms with E-state index in [4.69, 9.17) is 16.3 Å². The number of aliphatic hydroxyl groups is 1. The molecule has 3 aromatic rings. The second-order valence-corrected chi connectivity index (χ2v) is 9.54. The van der Waals surface area contributed by atoms with Crippen LogP contribution in [0.5, 0.6) is 6.01 Å². The third kappa shape index (κ3) is 4.74. The second kappa shape index (κ2) is 9.01. The SMILES string of the molecule is C[C@H](CN1CCCCC1)Oc1ncc2ccc(C3(O)C=Cc4cc(Cl)cc(F)c4C3)cc2n1. The van der Waals surface area contributed by atoms with E-state index in [1.54, 1.807) is 24.4 Å². The quantitative estimate of drug-likeness (QED) is 0.563. The molecule has 172 valence electrons. The van der Waals surface area contributed by atoms with E-state index in [9.17, 15) is 9.50 Å². The standard InChI is InChI=1S/C26H27ClFN3O2/c1-17(16-31-9-3-2-4-10-31)33-25-29-15-19-5-6-20(12-24(19)30-25)26(32)8-7-18-11-21(27)13-23(28)22(18)14-26/h5-8,11-13,15,17,32H,2-4,9-10,14,16H2,1H3/t17-,26?/m1/s1. The van der Waals surface area contributed by atoms with Gasteiger partial charge in [0.25, 0.3) is 0 Å². The summed E-state index contributed by atoms with van der Waals surface area (Å²) < 4.78 is 20.5. The van der Waals surface area contributed by atoms with E-state index in [1.807, 2.05) is 25.1 Å². The largest absolute Gasteiger partial charge is 0.459 e. The van der Waals surface area contributed by atoms with E-state index in [1.165, 1.54) is 25.3 Å². The van der Waals surface area contributed by atoms with Crippen LogP contribution in [0.4, 0.5) is 4.39 Å². The van der Waals surface area contributed by atoms with Crippen LogP contribution in [0.3, 0.4) is 0 Å². The molecule has 2 aliphatic rings. The first-order chi connectivity index (χ1) is 15.9. The van der Waals surface area contributed by atoms with E-state index >= 15 is 0 Å². The Morgan fingerprint density at radius 1 is 1.21 bits per heavy atom. The molecule has 1 aromatic heterocycles. The fraction of sp³-hybridized carbons (Fsp3) is 0.385. The van der Waals surface area contributed by atoms with Crippen LogP contribution >= 0.6 is 11.6 Å². The summed E-state index contributed by atoms with van der Waals surface area (Å²) in [5.41, 5.74) is 1.10. The lowest BCUT2D eigenvalue weighted by Gasteiger charge is -2.30. The lowest BCUT2D eigenvalue weighted by Crippen LogP contribution is -2.37. The zero-order chi connectivity index (χ0) is 23.0. The highest BCUT2D eigenvalue weighted by Gasteiger charge is 2.32. The van der Waals surface area contributed by atoms with Crippen molar-refractivity contribution < 1.29 is 14.2 Å². The Balaban J connectivity index is 1.37. The van der Waals surface area contributed by atoms with E-state index in [0.29, 0.717) is 33.2 Å². The number of rotatable bonds is 5. The number of aromatic nitrogens is 2. The number of halogens is 2. The summed E-state index contributed by atoms with van der Waals surface area (Å²) in [4.78, 5) is 11.4. The first-order valence-corrected chi connectivity index (χ1v) is 11.8. The number of likely N-dealkylation sites (tertiary alicyclic amines) is 1. The van der Waals surface area contributed by atoms with Gasteiger partial charge in [-0.05, 0) is 73.8 Å². The van der Waals surface area contributed by atoms with Gasteiger partial charge in [0.1, 0.15) is 17.5 Å². The maximum atomic E-state index is 14.5. The van der Waals surface area contributed by atoms with Crippen LogP contribution in [0.15, 0.2) is 42.6 Å². The smallest absolute Gasteiger partial charge is 0.317 e. The van der Waals surface area contributed by atoms with Gasteiger partial charge in [-0.1, -0.05) is 36.2 Å². The molecule has 0 amide bonds. The molecule has 7 heteroatoms. The highest BCUT2D eigenvalue weighted by Crippen LogP contribution is 2.37. The normalized spacial score (nSPS) is 21.7. The Morgan fingerprint density at radius 3 is 2.85 bits per heavy atom. The highest BCUT2D eigenvalue weighted by molar-refractivity contribution is 6.30. The molecule has 2 heterocycles. The maximum absolute atomic E-state index is 14.5. The highest BCUT2D eigenvalue weighted by atomic mass is 35.5. The predicted molar refractivity (Wildman–Crippen MR) is 128 cm³/mol. The van der Waals surface area contributed by atoms with Crippen molar-refractivity contribution >= 4 is 28.6 Å². The Hall–Kier alpha value is -2.54. The summed E-state index contributed by atoms with van der Waals surface area (Å²) in [6.07, 6.45) is 9.00. The van der Waals surface area contributed by atoms with Crippen molar-refractivity contribution in [2.24, 2.45) is 0 Å². The molecule has 33 heavy (non-hydrogen) atoms. The number of ether oxygens (including phenoxy) is 1. The summed E-state index contributed by atoms with van der Waals surface area (Å²) in [5.74, 6) is -0.415. The van der Waals surface area contributed by atoms with Crippen molar-refractivity contribution in [3.63, 3.8) is 0 Å². The number of piperidine rings is 1. The van der Waals surface area contributed by atoms with Crippen LogP contribution in [-0.4, -0.2) is 45.7 Å². The molecular formula is C26H27ClFN3O2. The number of fused-ring (bicyclic) bond motifs is 2. The molecule has 0 spiro atoms. The van der Waals surface area contributed by atoms with Gasteiger partial charge in [0.15, 0.2) is 0 Å². The molecule has 1 fully saturated rings. The number of hydrogen-bond donors (Lipinski definition) is 1. The number of nitrogens with zero attached hydrogens (tertiary/aromatic N) is 3. The topological polar surface area (TPSA) is 58.5 Å². The van der Waals surface area contributed by atoms with Crippen molar-refractivity contribution in [2.75, 3.05) is 19.6 Å². The average Bonchev–Trinajstić information content (AvgIpc) is 2.80. The second-order valence-electron chi connectivity index (χ2n) is 9.11. The summed E-state index contributed by atoms with van der Waals surface area (Å²) in [6, 6.07) is 8.82. The van der Waals surface area contributed by atoms with Gasteiger partial charge >= 0.3 is 6.01 Å². The van der Waals surface area contributed by atoms with Crippen molar-refractivity contribution in [1.82, 2.24) is 14.9 Å². The molecule has 5 rings (SSSR count). The molecule has 0 saturated carbocycles. The average molecular weight is 468 g/mol. The van der Waals surface area contributed by atoms with Crippen molar-refractivity contribution in [3.8, 4) is 6.01 Å². The van der Waals surface area contributed by atoms with Gasteiger partial charge < -0.3 is 9.84 Å². The number of hydrogen-bond acceptors (Lipinski definition) is 5. The van der Waals surface area contributed by atoms with Crippen LogP contribution in [0, 0.1) is 5.82 Å². The van der Waals surface area contributed by atoms with Crippen LogP contribution in [-0.2, 0) is 12.0 Å². The zero-order valence-electron chi connectivity index (χ0n) is 18.6. The minimum atomic E-state index is -1.34. The van der Waals surface area contributed by atoms with Crippen LogP contribution in [0.1, 0.15) is 42.9 Å². The summed E-state index contributed by atoms with van der Waals surface area (Å²) in [7, 11) is 0. The van der Waals surface area contributed by atoms with Gasteiger partial charge in [-0.25, -0.2) is 9.37 Å². The zero-order valence-corrected chi connectivity index (χ0v) is 19.4. The lowest BCUT2D eigenvalue weighted by atomic mass is 9.81. The van der Waals surface area contributed by atoms with Gasteiger partial charge in [0.05, 0.1) is 5.52 Å². The monoisotopic (exact) mass is 467 g/mol. The fourth-order valence-electron chi connectivity index (χ4n) is 4.77. The summed E-state index contributed by atoms with van der Waals surface area (Å²) in [6.45, 7) is 5.10. The molecule has 5 nitrogen and oxygen atoms in total. The van der Waals surface area contributed by atoms with Gasteiger partial charge in [0, 0.05) is 29.6 Å². The van der Waals surface area contributed by atoms with Crippen molar-refractivity contribution in [3.05, 3.63) is 70.1 Å². The van der Waals surface area contributed by atoms with Gasteiger partial charge in [-0.2, -0.15) is 4.98 Å². The molecule has 1 N–H and O–H groups in total. The lowest BCUT2D eigenvalue weighted by molar-refractivity contribution is 0.0883. The maximum Gasteiger partial charge on any atom is 0.317 e. The molecule has 2 atom stereocenters. The molecule has 0 radical (unpaired) electrons. The Labute approximate surface area is 197 Å². The molecule has 2 aromatic carbocycles. The van der Waals surface area contributed by atoms with E-state index < -0.39 is 11.4 Å². The van der Waals surface area contributed by atoms with Crippen LogP contribution < -0.4 is 4.74 Å². The van der Waals surface area contributed by atoms with Gasteiger partial charge in [0.2, 0.25) is 0 Å². The molecule has 1 unspecified atom stereocenters. The molecule has 1 aliphatic heterocycles. The summed E-state index contributed by atoms with van der Waals surface area (Å²) >= 11 is 5.98. The molecule has 1 aliphatic carbocycles. The van der Waals surface area contributed by atoms with E-state index in [-0.39, 0.29) is 12.5 Å². The van der Waals surface area contributed by atoms with Crippen molar-refractivity contribution in [1.29, 1.82) is 0 Å².